The molecule has 0 bridgehead atoms. The molecule has 0 saturated heterocycles. The van der Waals surface area contributed by atoms with Crippen molar-refractivity contribution >= 4 is 22.8 Å². The van der Waals surface area contributed by atoms with Gasteiger partial charge in [-0.3, -0.25) is 4.79 Å². The van der Waals surface area contributed by atoms with Crippen LogP contribution in [0.1, 0.15) is 16.7 Å². The van der Waals surface area contributed by atoms with E-state index in [1.54, 1.807) is 10.9 Å². The average Bonchev–Trinajstić information content (AvgIpc) is 3.30. The van der Waals surface area contributed by atoms with Crippen molar-refractivity contribution in [2.24, 2.45) is 0 Å². The van der Waals surface area contributed by atoms with Gasteiger partial charge in [0.15, 0.2) is 5.65 Å². The Kier molecular flexibility index (Phi) is 7.25. The SMILES string of the molecule is Cc1ccc(C)c(-n2ncc3c(O[C@@H](COCCO)C(=O)Nc4ccc(C#N)cn4)ncnc32)c1. The molecule has 1 amide bonds. The van der Waals surface area contributed by atoms with Crippen LogP contribution in [0.25, 0.3) is 16.7 Å². The van der Waals surface area contributed by atoms with Crippen molar-refractivity contribution < 1.29 is 19.4 Å². The third-order valence-corrected chi connectivity index (χ3v) is 5.12. The number of hydrogen-bond donors (Lipinski definition) is 2. The Labute approximate surface area is 201 Å². The summed E-state index contributed by atoms with van der Waals surface area (Å²) < 4.78 is 13.0. The largest absolute Gasteiger partial charge is 0.461 e. The maximum absolute atomic E-state index is 13.0. The minimum Gasteiger partial charge on any atom is -0.461 e. The smallest absolute Gasteiger partial charge is 0.269 e. The van der Waals surface area contributed by atoms with Gasteiger partial charge in [-0.2, -0.15) is 10.4 Å². The summed E-state index contributed by atoms with van der Waals surface area (Å²) >= 11 is 0. The summed E-state index contributed by atoms with van der Waals surface area (Å²) in [6.07, 6.45) is 3.16. The molecule has 0 aliphatic carbocycles. The van der Waals surface area contributed by atoms with Gasteiger partial charge >= 0.3 is 0 Å². The van der Waals surface area contributed by atoms with Crippen molar-refractivity contribution in [2.75, 3.05) is 25.1 Å². The lowest BCUT2D eigenvalue weighted by Gasteiger charge is -2.18. The van der Waals surface area contributed by atoms with Gasteiger partial charge in [0.1, 0.15) is 23.6 Å². The summed E-state index contributed by atoms with van der Waals surface area (Å²) in [7, 11) is 0. The third-order valence-electron chi connectivity index (χ3n) is 5.12. The van der Waals surface area contributed by atoms with E-state index in [1.165, 1.54) is 24.7 Å². The van der Waals surface area contributed by atoms with E-state index in [2.05, 4.69) is 25.4 Å². The number of carbonyl (C=O) groups is 1. The molecular weight excluding hydrogens is 450 g/mol. The number of aryl methyl sites for hydroxylation is 2. The van der Waals surface area contributed by atoms with Gasteiger partial charge in [0.25, 0.3) is 5.91 Å². The normalized spacial score (nSPS) is 11.7. The second-order valence-electron chi connectivity index (χ2n) is 7.70. The fraction of sp³-hybridized carbons (Fsp3) is 0.250. The first-order valence-corrected chi connectivity index (χ1v) is 10.8. The van der Waals surface area contributed by atoms with Crippen LogP contribution >= 0.6 is 0 Å². The van der Waals surface area contributed by atoms with Crippen LogP contribution in [0.3, 0.4) is 0 Å². The van der Waals surface area contributed by atoms with Crippen molar-refractivity contribution in [3.8, 4) is 17.6 Å². The number of anilines is 1. The maximum Gasteiger partial charge on any atom is 0.269 e. The molecule has 0 saturated carbocycles. The lowest BCUT2D eigenvalue weighted by Crippen LogP contribution is -2.37. The van der Waals surface area contributed by atoms with E-state index in [0.717, 1.165) is 16.8 Å². The number of carbonyl (C=O) groups excluding carboxylic acids is 1. The molecule has 178 valence electrons. The lowest BCUT2D eigenvalue weighted by atomic mass is 10.1. The molecule has 11 heteroatoms. The number of amides is 1. The molecule has 4 rings (SSSR count). The fourth-order valence-corrected chi connectivity index (χ4v) is 3.33. The Morgan fingerprint density at radius 1 is 1.20 bits per heavy atom. The Bertz CT molecular complexity index is 1380. The standard InChI is InChI=1S/C24H23N7O4/c1-15-3-4-16(2)19(9-15)31-22-18(12-29-31)24(28-14-27-22)35-20(13-34-8-7-32)23(33)30-21-6-5-17(10-25)11-26-21/h3-6,9,11-12,14,20,32H,7-8,13H2,1-2H3,(H,26,30,33)/t20-/m0/s1. The molecule has 35 heavy (non-hydrogen) atoms. The molecule has 0 unspecified atom stereocenters. The first-order chi connectivity index (χ1) is 17.0. The molecule has 0 spiro atoms. The molecule has 3 aromatic heterocycles. The molecule has 1 atom stereocenters. The number of nitrogens with zero attached hydrogens (tertiary/aromatic N) is 6. The highest BCUT2D eigenvalue weighted by Crippen LogP contribution is 2.26. The van der Waals surface area contributed by atoms with Crippen LogP contribution in [0, 0.1) is 25.2 Å². The van der Waals surface area contributed by atoms with E-state index in [0.29, 0.717) is 16.6 Å². The summed E-state index contributed by atoms with van der Waals surface area (Å²) in [4.78, 5) is 25.6. The number of aromatic nitrogens is 5. The Balaban J connectivity index is 1.62. The molecule has 0 aliphatic heterocycles. The van der Waals surface area contributed by atoms with Crippen molar-refractivity contribution in [3.63, 3.8) is 0 Å². The number of nitrogens with one attached hydrogen (secondary N) is 1. The second kappa shape index (κ2) is 10.7. The number of fused-ring (bicyclic) bond motifs is 1. The molecule has 3 heterocycles. The molecule has 1 aromatic carbocycles. The van der Waals surface area contributed by atoms with Crippen molar-refractivity contribution in [1.82, 2.24) is 24.7 Å². The summed E-state index contributed by atoms with van der Waals surface area (Å²) in [5.41, 5.74) is 3.86. The molecular formula is C24H23N7O4. The zero-order chi connectivity index (χ0) is 24.8. The van der Waals surface area contributed by atoms with E-state index in [9.17, 15) is 4.79 Å². The predicted molar refractivity (Wildman–Crippen MR) is 126 cm³/mol. The van der Waals surface area contributed by atoms with E-state index < -0.39 is 12.0 Å². The first-order valence-electron chi connectivity index (χ1n) is 10.8. The Morgan fingerprint density at radius 3 is 2.80 bits per heavy atom. The third kappa shape index (κ3) is 5.40. The number of aliphatic hydroxyl groups excluding tert-OH is 1. The monoisotopic (exact) mass is 473 g/mol. The molecule has 4 aromatic rings. The van der Waals surface area contributed by atoms with E-state index in [4.69, 9.17) is 19.8 Å². The van der Waals surface area contributed by atoms with Gasteiger partial charge in [-0.25, -0.2) is 19.6 Å². The highest BCUT2D eigenvalue weighted by atomic mass is 16.5. The summed E-state index contributed by atoms with van der Waals surface area (Å²) in [5, 5.41) is 25.6. The van der Waals surface area contributed by atoms with Crippen LogP contribution in [0.5, 0.6) is 5.88 Å². The van der Waals surface area contributed by atoms with Gasteiger partial charge in [-0.05, 0) is 43.2 Å². The molecule has 0 aliphatic rings. The highest BCUT2D eigenvalue weighted by Gasteiger charge is 2.24. The first kappa shape index (κ1) is 23.7. The van der Waals surface area contributed by atoms with Gasteiger partial charge in [-0.1, -0.05) is 12.1 Å². The zero-order valence-electron chi connectivity index (χ0n) is 19.2. The molecule has 11 nitrogen and oxygen atoms in total. The Morgan fingerprint density at radius 2 is 2.06 bits per heavy atom. The topological polar surface area (TPSA) is 148 Å². The minimum absolute atomic E-state index is 0.0337. The quantitative estimate of drug-likeness (QED) is 0.349. The van der Waals surface area contributed by atoms with E-state index >= 15 is 0 Å². The van der Waals surface area contributed by atoms with Gasteiger partial charge in [0.05, 0.1) is 37.3 Å². The maximum atomic E-state index is 13.0. The number of benzene rings is 1. The van der Waals surface area contributed by atoms with Crippen LogP contribution in [0.2, 0.25) is 0 Å². The van der Waals surface area contributed by atoms with Gasteiger partial charge in [-0.15, -0.1) is 0 Å². The van der Waals surface area contributed by atoms with Crippen LogP contribution in [0.15, 0.2) is 49.1 Å². The van der Waals surface area contributed by atoms with Crippen molar-refractivity contribution in [3.05, 3.63) is 65.7 Å². The second-order valence-corrected chi connectivity index (χ2v) is 7.70. The number of pyridine rings is 1. The summed E-state index contributed by atoms with van der Waals surface area (Å²) in [6.45, 7) is 3.67. The van der Waals surface area contributed by atoms with Gasteiger partial charge < -0.3 is 19.9 Å². The minimum atomic E-state index is -1.11. The molecule has 0 radical (unpaired) electrons. The van der Waals surface area contributed by atoms with Crippen LogP contribution < -0.4 is 10.1 Å². The fourth-order valence-electron chi connectivity index (χ4n) is 3.33. The van der Waals surface area contributed by atoms with Gasteiger partial charge in [0, 0.05) is 6.20 Å². The van der Waals surface area contributed by atoms with Crippen LogP contribution in [-0.4, -0.2) is 61.7 Å². The van der Waals surface area contributed by atoms with E-state index in [-0.39, 0.29) is 31.5 Å². The summed E-state index contributed by atoms with van der Waals surface area (Å²) in [5.74, 6) is -0.124. The summed E-state index contributed by atoms with van der Waals surface area (Å²) in [6, 6.07) is 11.1. The van der Waals surface area contributed by atoms with Crippen molar-refractivity contribution in [2.45, 2.75) is 20.0 Å². The number of ether oxygens (including phenoxy) is 2. The number of nitriles is 1. The van der Waals surface area contributed by atoms with Crippen LogP contribution in [0.4, 0.5) is 5.82 Å². The number of rotatable bonds is 9. The predicted octanol–water partition coefficient (Wildman–Crippen LogP) is 2.09. The van der Waals surface area contributed by atoms with Gasteiger partial charge in [0.2, 0.25) is 12.0 Å². The zero-order valence-corrected chi connectivity index (χ0v) is 19.2. The molecule has 2 N–H and O–H groups in total. The average molecular weight is 473 g/mol. The van der Waals surface area contributed by atoms with Crippen molar-refractivity contribution in [1.29, 1.82) is 5.26 Å². The van der Waals surface area contributed by atoms with Crippen LogP contribution in [-0.2, 0) is 9.53 Å². The number of hydrogen-bond acceptors (Lipinski definition) is 9. The highest BCUT2D eigenvalue weighted by molar-refractivity contribution is 5.94. The number of aliphatic hydroxyl groups is 1. The lowest BCUT2D eigenvalue weighted by molar-refractivity contribution is -0.125. The molecule has 0 fully saturated rings. The Hall–Kier alpha value is -4.40. The van der Waals surface area contributed by atoms with E-state index in [1.807, 2.05) is 38.1 Å².